The molecule has 5 heteroatoms. The first-order valence-corrected chi connectivity index (χ1v) is 8.90. The number of piperidine rings is 1. The summed E-state index contributed by atoms with van der Waals surface area (Å²) in [5.74, 6) is -0.0569. The number of nitrogens with two attached hydrogens (primary N) is 1. The summed E-state index contributed by atoms with van der Waals surface area (Å²) in [4.78, 5) is 25.8. The van der Waals surface area contributed by atoms with Crippen LogP contribution in [0.1, 0.15) is 49.4 Å². The van der Waals surface area contributed by atoms with Crippen molar-refractivity contribution in [2.24, 2.45) is 17.6 Å². The Labute approximate surface area is 143 Å². The summed E-state index contributed by atoms with van der Waals surface area (Å²) in [6, 6.07) is 7.46. The van der Waals surface area contributed by atoms with Gasteiger partial charge in [-0.25, -0.2) is 4.79 Å². The van der Waals surface area contributed by atoms with Gasteiger partial charge in [0.05, 0.1) is 11.5 Å². The molecule has 0 unspecified atom stereocenters. The van der Waals surface area contributed by atoms with Gasteiger partial charge in [-0.15, -0.1) is 0 Å². The minimum Gasteiger partial charge on any atom is -0.459 e. The standard InChI is InChI=1S/C19H26N2O3/c1-13(14-4-2-5-14)24-19(23)15-7-9-17(10-8-15)21-11-3-6-16(12-21)18(20)22/h7-10,13-14,16H,2-6,11-12H2,1H3,(H2,20,22)/t13-,16+/m0/s1. The molecule has 24 heavy (non-hydrogen) atoms. The summed E-state index contributed by atoms with van der Waals surface area (Å²) >= 11 is 0. The topological polar surface area (TPSA) is 72.6 Å². The van der Waals surface area contributed by atoms with Crippen LogP contribution in [0.4, 0.5) is 5.69 Å². The first-order valence-electron chi connectivity index (χ1n) is 8.90. The van der Waals surface area contributed by atoms with E-state index in [1.165, 1.54) is 6.42 Å². The molecule has 0 radical (unpaired) electrons. The van der Waals surface area contributed by atoms with Gasteiger partial charge in [0, 0.05) is 18.8 Å². The van der Waals surface area contributed by atoms with Crippen molar-refractivity contribution < 1.29 is 14.3 Å². The summed E-state index contributed by atoms with van der Waals surface area (Å²) in [6.07, 6.45) is 5.35. The molecular weight excluding hydrogens is 304 g/mol. The highest BCUT2D eigenvalue weighted by molar-refractivity contribution is 5.90. The van der Waals surface area contributed by atoms with E-state index in [4.69, 9.17) is 10.5 Å². The quantitative estimate of drug-likeness (QED) is 0.843. The summed E-state index contributed by atoms with van der Waals surface area (Å²) in [5.41, 5.74) is 7.03. The van der Waals surface area contributed by atoms with Crippen molar-refractivity contribution in [1.82, 2.24) is 0 Å². The molecular formula is C19H26N2O3. The Balaban J connectivity index is 1.60. The zero-order chi connectivity index (χ0) is 17.1. The fraction of sp³-hybridized carbons (Fsp3) is 0.579. The number of hydrogen-bond donors (Lipinski definition) is 1. The molecule has 1 amide bonds. The maximum atomic E-state index is 12.2. The minimum atomic E-state index is -0.255. The second kappa shape index (κ2) is 7.24. The Kier molecular flexibility index (Phi) is 5.07. The van der Waals surface area contributed by atoms with E-state index in [1.54, 1.807) is 12.1 Å². The molecule has 0 bridgehead atoms. The molecule has 1 heterocycles. The number of carbonyl (C=O) groups is 2. The number of anilines is 1. The van der Waals surface area contributed by atoms with Gasteiger partial charge in [-0.2, -0.15) is 0 Å². The van der Waals surface area contributed by atoms with Crippen molar-refractivity contribution in [3.63, 3.8) is 0 Å². The highest BCUT2D eigenvalue weighted by Gasteiger charge is 2.27. The molecule has 130 valence electrons. The fourth-order valence-corrected chi connectivity index (χ4v) is 3.49. The van der Waals surface area contributed by atoms with Gasteiger partial charge in [-0.05, 0) is 62.8 Å². The van der Waals surface area contributed by atoms with Crippen LogP contribution < -0.4 is 10.6 Å². The molecule has 2 fully saturated rings. The molecule has 1 aliphatic carbocycles. The summed E-state index contributed by atoms with van der Waals surface area (Å²) in [6.45, 7) is 3.54. The fourth-order valence-electron chi connectivity index (χ4n) is 3.49. The molecule has 1 aromatic carbocycles. The Morgan fingerprint density at radius 1 is 1.17 bits per heavy atom. The van der Waals surface area contributed by atoms with Crippen LogP contribution in [0.3, 0.4) is 0 Å². The second-order valence-electron chi connectivity index (χ2n) is 7.04. The van der Waals surface area contributed by atoms with E-state index in [2.05, 4.69) is 4.90 Å². The van der Waals surface area contributed by atoms with Gasteiger partial charge in [0.25, 0.3) is 0 Å². The average Bonchev–Trinajstić information content (AvgIpc) is 2.53. The SMILES string of the molecule is C[C@H](OC(=O)c1ccc(N2CCC[C@@H](C(N)=O)C2)cc1)C1CCC1. The lowest BCUT2D eigenvalue weighted by Crippen LogP contribution is -2.41. The number of benzene rings is 1. The third kappa shape index (κ3) is 3.71. The first-order chi connectivity index (χ1) is 11.5. The van der Waals surface area contributed by atoms with Crippen molar-refractivity contribution in [2.45, 2.75) is 45.1 Å². The summed E-state index contributed by atoms with van der Waals surface area (Å²) < 4.78 is 5.56. The van der Waals surface area contributed by atoms with Crippen LogP contribution in [0.5, 0.6) is 0 Å². The smallest absolute Gasteiger partial charge is 0.338 e. The Morgan fingerprint density at radius 2 is 1.88 bits per heavy atom. The molecule has 0 spiro atoms. The van der Waals surface area contributed by atoms with Crippen LogP contribution in [0.15, 0.2) is 24.3 Å². The number of amides is 1. The molecule has 1 aromatic rings. The third-order valence-corrected chi connectivity index (χ3v) is 5.40. The maximum absolute atomic E-state index is 12.2. The number of nitrogens with zero attached hydrogens (tertiary/aromatic N) is 1. The van der Waals surface area contributed by atoms with E-state index in [0.29, 0.717) is 18.0 Å². The molecule has 2 N–H and O–H groups in total. The number of ether oxygens (including phenoxy) is 1. The van der Waals surface area contributed by atoms with Crippen LogP contribution in [0.2, 0.25) is 0 Å². The van der Waals surface area contributed by atoms with E-state index in [-0.39, 0.29) is 23.9 Å². The van der Waals surface area contributed by atoms with Gasteiger partial charge in [0.15, 0.2) is 0 Å². The van der Waals surface area contributed by atoms with Crippen molar-refractivity contribution in [1.29, 1.82) is 0 Å². The molecule has 1 aliphatic heterocycles. The monoisotopic (exact) mass is 330 g/mol. The van der Waals surface area contributed by atoms with Gasteiger partial charge in [0.2, 0.25) is 5.91 Å². The number of esters is 1. The summed E-state index contributed by atoms with van der Waals surface area (Å²) in [7, 11) is 0. The highest BCUT2D eigenvalue weighted by atomic mass is 16.5. The van der Waals surface area contributed by atoms with Crippen LogP contribution in [-0.4, -0.2) is 31.1 Å². The molecule has 2 atom stereocenters. The van der Waals surface area contributed by atoms with Gasteiger partial charge in [0.1, 0.15) is 6.10 Å². The van der Waals surface area contributed by atoms with Crippen LogP contribution >= 0.6 is 0 Å². The molecule has 1 saturated heterocycles. The van der Waals surface area contributed by atoms with Crippen LogP contribution in [0, 0.1) is 11.8 Å². The van der Waals surface area contributed by atoms with Crippen LogP contribution in [0.25, 0.3) is 0 Å². The van der Waals surface area contributed by atoms with Crippen molar-refractivity contribution >= 4 is 17.6 Å². The second-order valence-corrected chi connectivity index (χ2v) is 7.04. The molecule has 3 rings (SSSR count). The number of rotatable bonds is 5. The van der Waals surface area contributed by atoms with E-state index in [9.17, 15) is 9.59 Å². The van der Waals surface area contributed by atoms with E-state index in [1.807, 2.05) is 19.1 Å². The van der Waals surface area contributed by atoms with E-state index < -0.39 is 0 Å². The van der Waals surface area contributed by atoms with Gasteiger partial charge < -0.3 is 15.4 Å². The van der Waals surface area contributed by atoms with E-state index in [0.717, 1.165) is 37.9 Å². The predicted molar refractivity (Wildman–Crippen MR) is 92.8 cm³/mol. The minimum absolute atomic E-state index is 0.00986. The Hall–Kier alpha value is -2.04. The van der Waals surface area contributed by atoms with Gasteiger partial charge in [-0.3, -0.25) is 4.79 Å². The Morgan fingerprint density at radius 3 is 2.46 bits per heavy atom. The molecule has 2 aliphatic rings. The number of hydrogen-bond acceptors (Lipinski definition) is 4. The maximum Gasteiger partial charge on any atom is 0.338 e. The predicted octanol–water partition coefficient (Wildman–Crippen LogP) is 2.73. The highest BCUT2D eigenvalue weighted by Crippen LogP contribution is 2.31. The lowest BCUT2D eigenvalue weighted by molar-refractivity contribution is -0.122. The third-order valence-electron chi connectivity index (χ3n) is 5.40. The lowest BCUT2D eigenvalue weighted by atomic mass is 9.82. The summed E-state index contributed by atoms with van der Waals surface area (Å²) in [5, 5.41) is 0. The van der Waals surface area contributed by atoms with Crippen LogP contribution in [-0.2, 0) is 9.53 Å². The lowest BCUT2D eigenvalue weighted by Gasteiger charge is -2.33. The van der Waals surface area contributed by atoms with E-state index >= 15 is 0 Å². The van der Waals surface area contributed by atoms with Crippen molar-refractivity contribution in [2.75, 3.05) is 18.0 Å². The zero-order valence-corrected chi connectivity index (χ0v) is 14.2. The van der Waals surface area contributed by atoms with Crippen molar-refractivity contribution in [3.05, 3.63) is 29.8 Å². The molecule has 1 saturated carbocycles. The largest absolute Gasteiger partial charge is 0.459 e. The average molecular weight is 330 g/mol. The van der Waals surface area contributed by atoms with Gasteiger partial charge >= 0.3 is 5.97 Å². The van der Waals surface area contributed by atoms with Gasteiger partial charge in [-0.1, -0.05) is 6.42 Å². The van der Waals surface area contributed by atoms with Crippen molar-refractivity contribution in [3.8, 4) is 0 Å². The molecule has 5 nitrogen and oxygen atoms in total. The zero-order valence-electron chi connectivity index (χ0n) is 14.2. The first kappa shape index (κ1) is 16.8. The normalized spacial score (nSPS) is 22.5. The molecule has 0 aromatic heterocycles. The number of primary amides is 1. The number of carbonyl (C=O) groups excluding carboxylic acids is 2. The Bertz CT molecular complexity index is 595.